The Morgan fingerprint density at radius 3 is 2.23 bits per heavy atom. The van der Waals surface area contributed by atoms with E-state index in [2.05, 4.69) is 15.6 Å². The number of aromatic nitrogens is 1. The molecule has 204 valence electrons. The third-order valence-corrected chi connectivity index (χ3v) is 5.94. The Morgan fingerprint density at radius 2 is 1.55 bits per heavy atom. The number of hydrogen-bond donors (Lipinski definition) is 3. The van der Waals surface area contributed by atoms with Gasteiger partial charge in [0.05, 0.1) is 29.7 Å². The van der Waals surface area contributed by atoms with Gasteiger partial charge in [0.25, 0.3) is 11.8 Å². The SMILES string of the molecule is CCCOC(=O)c1ccc(NC(=O)c2cccc(-c3cc(C(=O)Nc4ccncc4F)ccc3CN)c2)c(F)c1. The average Bonchev–Trinajstić information content (AvgIpc) is 2.97. The van der Waals surface area contributed by atoms with E-state index in [1.807, 2.05) is 6.92 Å². The molecule has 4 aromatic rings. The Labute approximate surface area is 229 Å². The first-order valence-electron chi connectivity index (χ1n) is 12.4. The fourth-order valence-corrected chi connectivity index (χ4v) is 3.88. The smallest absolute Gasteiger partial charge is 0.338 e. The summed E-state index contributed by atoms with van der Waals surface area (Å²) in [6.07, 6.45) is 2.99. The number of ether oxygens (including phenoxy) is 1. The third-order valence-electron chi connectivity index (χ3n) is 5.94. The fraction of sp³-hybridized carbons (Fsp3) is 0.133. The molecule has 0 spiro atoms. The van der Waals surface area contributed by atoms with Gasteiger partial charge in [0.15, 0.2) is 5.82 Å². The maximum atomic E-state index is 14.7. The van der Waals surface area contributed by atoms with E-state index in [-0.39, 0.29) is 41.2 Å². The van der Waals surface area contributed by atoms with Crippen LogP contribution in [0.2, 0.25) is 0 Å². The van der Waals surface area contributed by atoms with Gasteiger partial charge in [-0.2, -0.15) is 0 Å². The zero-order valence-corrected chi connectivity index (χ0v) is 21.5. The minimum Gasteiger partial charge on any atom is -0.462 e. The Kier molecular flexibility index (Phi) is 8.93. The second-order valence-corrected chi connectivity index (χ2v) is 8.75. The van der Waals surface area contributed by atoms with Crippen molar-refractivity contribution in [2.45, 2.75) is 19.9 Å². The zero-order valence-electron chi connectivity index (χ0n) is 21.5. The number of amides is 2. The molecule has 0 fully saturated rings. The topological polar surface area (TPSA) is 123 Å². The molecule has 0 aliphatic rings. The van der Waals surface area contributed by atoms with Gasteiger partial charge in [-0.1, -0.05) is 25.1 Å². The number of nitrogens with two attached hydrogens (primary N) is 1. The van der Waals surface area contributed by atoms with Crippen LogP contribution in [0.3, 0.4) is 0 Å². The van der Waals surface area contributed by atoms with Crippen molar-refractivity contribution >= 4 is 29.2 Å². The van der Waals surface area contributed by atoms with Crippen LogP contribution in [-0.4, -0.2) is 29.4 Å². The molecule has 0 bridgehead atoms. The molecule has 0 aliphatic carbocycles. The summed E-state index contributed by atoms with van der Waals surface area (Å²) < 4.78 is 33.6. The molecule has 0 aliphatic heterocycles. The normalized spacial score (nSPS) is 10.6. The highest BCUT2D eigenvalue weighted by atomic mass is 19.1. The number of pyridine rings is 1. The molecule has 1 heterocycles. The molecule has 10 heteroatoms. The van der Waals surface area contributed by atoms with Crippen LogP contribution >= 0.6 is 0 Å². The Bertz CT molecular complexity index is 1580. The summed E-state index contributed by atoms with van der Waals surface area (Å²) in [5.74, 6) is -3.23. The first-order chi connectivity index (χ1) is 19.3. The van der Waals surface area contributed by atoms with Crippen LogP contribution in [0.5, 0.6) is 0 Å². The van der Waals surface area contributed by atoms with Crippen LogP contribution in [0.1, 0.15) is 50.0 Å². The largest absolute Gasteiger partial charge is 0.462 e. The fourth-order valence-electron chi connectivity index (χ4n) is 3.88. The maximum Gasteiger partial charge on any atom is 0.338 e. The number of nitrogens with zero attached hydrogens (tertiary/aromatic N) is 1. The van der Waals surface area contributed by atoms with Crippen molar-refractivity contribution in [3.05, 3.63) is 113 Å². The predicted molar refractivity (Wildman–Crippen MR) is 147 cm³/mol. The Hall–Kier alpha value is -4.96. The van der Waals surface area contributed by atoms with Crippen LogP contribution in [0.15, 0.2) is 79.1 Å². The highest BCUT2D eigenvalue weighted by molar-refractivity contribution is 6.06. The molecule has 0 unspecified atom stereocenters. The minimum absolute atomic E-state index is 0.0127. The number of anilines is 2. The van der Waals surface area contributed by atoms with Crippen LogP contribution in [0.4, 0.5) is 20.2 Å². The van der Waals surface area contributed by atoms with E-state index in [4.69, 9.17) is 10.5 Å². The van der Waals surface area contributed by atoms with Crippen LogP contribution in [0.25, 0.3) is 11.1 Å². The second kappa shape index (κ2) is 12.7. The minimum atomic E-state index is -0.787. The summed E-state index contributed by atoms with van der Waals surface area (Å²) in [5, 5.41) is 5.02. The summed E-state index contributed by atoms with van der Waals surface area (Å²) in [6.45, 7) is 2.22. The summed E-state index contributed by atoms with van der Waals surface area (Å²) in [6, 6.07) is 16.4. The molecular formula is C30H26F2N4O4. The van der Waals surface area contributed by atoms with Gasteiger partial charge < -0.3 is 21.1 Å². The molecular weight excluding hydrogens is 518 g/mol. The van der Waals surface area contributed by atoms with Crippen molar-refractivity contribution in [3.8, 4) is 11.1 Å². The lowest BCUT2D eigenvalue weighted by Gasteiger charge is -2.13. The number of carbonyl (C=O) groups is 3. The number of hydrogen-bond acceptors (Lipinski definition) is 6. The molecule has 0 saturated heterocycles. The van der Waals surface area contributed by atoms with Gasteiger partial charge in [-0.15, -0.1) is 0 Å². The standard InChI is InChI=1S/C30H26F2N4O4/c1-2-12-40-30(39)21-8-9-26(24(31)15-21)35-28(37)19-5-3-4-18(13-19)23-14-20(6-7-22(23)16-33)29(38)36-27-10-11-34-17-25(27)32/h3-11,13-15,17H,2,12,16,33H2,1H3,(H,35,37)(H,34,36,38). The van der Waals surface area contributed by atoms with E-state index >= 15 is 0 Å². The number of halogens is 2. The van der Waals surface area contributed by atoms with Gasteiger partial charge in [0, 0.05) is 23.9 Å². The summed E-state index contributed by atoms with van der Waals surface area (Å²) in [4.78, 5) is 41.4. The van der Waals surface area contributed by atoms with Crippen LogP contribution in [0, 0.1) is 11.6 Å². The van der Waals surface area contributed by atoms with E-state index in [0.717, 1.165) is 12.3 Å². The van der Waals surface area contributed by atoms with E-state index < -0.39 is 29.4 Å². The van der Waals surface area contributed by atoms with E-state index in [1.54, 1.807) is 42.5 Å². The maximum absolute atomic E-state index is 14.7. The molecule has 1 aromatic heterocycles. The van der Waals surface area contributed by atoms with Crippen molar-refractivity contribution in [2.75, 3.05) is 17.2 Å². The van der Waals surface area contributed by atoms with Crippen molar-refractivity contribution in [1.29, 1.82) is 0 Å². The first-order valence-corrected chi connectivity index (χ1v) is 12.4. The molecule has 40 heavy (non-hydrogen) atoms. The molecule has 8 nitrogen and oxygen atoms in total. The summed E-state index contributed by atoms with van der Waals surface area (Å²) >= 11 is 0. The lowest BCUT2D eigenvalue weighted by atomic mass is 9.95. The molecule has 2 amide bonds. The number of rotatable bonds is 9. The van der Waals surface area contributed by atoms with Gasteiger partial charge in [-0.25, -0.2) is 13.6 Å². The number of nitrogens with one attached hydrogen (secondary N) is 2. The highest BCUT2D eigenvalue weighted by Gasteiger charge is 2.16. The molecule has 0 radical (unpaired) electrons. The quantitative estimate of drug-likeness (QED) is 0.237. The van der Waals surface area contributed by atoms with Crippen molar-refractivity contribution in [3.63, 3.8) is 0 Å². The predicted octanol–water partition coefficient (Wildman–Crippen LogP) is 5.56. The highest BCUT2D eigenvalue weighted by Crippen LogP contribution is 2.27. The summed E-state index contributed by atoms with van der Waals surface area (Å²) in [7, 11) is 0. The number of carbonyl (C=O) groups excluding carboxylic acids is 3. The van der Waals surface area contributed by atoms with Crippen molar-refractivity contribution < 1.29 is 27.9 Å². The van der Waals surface area contributed by atoms with Crippen molar-refractivity contribution in [1.82, 2.24) is 4.98 Å². The average molecular weight is 545 g/mol. The molecule has 3 aromatic carbocycles. The van der Waals surface area contributed by atoms with E-state index in [0.29, 0.717) is 23.1 Å². The van der Waals surface area contributed by atoms with Gasteiger partial charge >= 0.3 is 5.97 Å². The number of benzene rings is 3. The first kappa shape index (κ1) is 28.1. The Balaban J connectivity index is 1.56. The molecule has 4 rings (SSSR count). The molecule has 0 atom stereocenters. The van der Waals surface area contributed by atoms with Gasteiger partial charge in [-0.05, 0) is 71.6 Å². The number of esters is 1. The summed E-state index contributed by atoms with van der Waals surface area (Å²) in [5.41, 5.74) is 8.21. The Morgan fingerprint density at radius 1 is 0.850 bits per heavy atom. The van der Waals surface area contributed by atoms with Gasteiger partial charge in [-0.3, -0.25) is 14.6 Å². The monoisotopic (exact) mass is 544 g/mol. The zero-order chi connectivity index (χ0) is 28.6. The van der Waals surface area contributed by atoms with Crippen LogP contribution in [-0.2, 0) is 11.3 Å². The second-order valence-electron chi connectivity index (χ2n) is 8.75. The van der Waals surface area contributed by atoms with Crippen molar-refractivity contribution in [2.24, 2.45) is 5.73 Å². The lowest BCUT2D eigenvalue weighted by molar-refractivity contribution is 0.0504. The molecule has 0 saturated carbocycles. The van der Waals surface area contributed by atoms with E-state index in [9.17, 15) is 23.2 Å². The third kappa shape index (κ3) is 6.54. The molecule has 4 N–H and O–H groups in total. The van der Waals surface area contributed by atoms with Crippen LogP contribution < -0.4 is 16.4 Å². The van der Waals surface area contributed by atoms with E-state index in [1.165, 1.54) is 24.4 Å². The lowest BCUT2D eigenvalue weighted by Crippen LogP contribution is -2.14. The van der Waals surface area contributed by atoms with Gasteiger partial charge in [0.2, 0.25) is 0 Å². The van der Waals surface area contributed by atoms with Gasteiger partial charge in [0.1, 0.15) is 5.82 Å².